The second kappa shape index (κ2) is 8.14. The third kappa shape index (κ3) is 4.58. The van der Waals surface area contributed by atoms with E-state index in [-0.39, 0.29) is 17.9 Å². The van der Waals surface area contributed by atoms with E-state index in [0.29, 0.717) is 17.1 Å². The van der Waals surface area contributed by atoms with E-state index >= 15 is 0 Å². The Morgan fingerprint density at radius 2 is 1.83 bits per heavy atom. The van der Waals surface area contributed by atoms with Crippen molar-refractivity contribution in [1.29, 1.82) is 0 Å². The first-order valence-electron chi connectivity index (χ1n) is 7.08. The molecule has 0 aliphatic rings. The number of alkyl halides is 2. The summed E-state index contributed by atoms with van der Waals surface area (Å²) >= 11 is 0. The Morgan fingerprint density at radius 1 is 1.08 bits per heavy atom. The van der Waals surface area contributed by atoms with E-state index in [9.17, 15) is 13.6 Å². The van der Waals surface area contributed by atoms with E-state index in [0.717, 1.165) is 0 Å². The quantitative estimate of drug-likeness (QED) is 0.840. The molecule has 0 saturated carbocycles. The van der Waals surface area contributed by atoms with Crippen LogP contribution in [-0.2, 0) is 11.2 Å². The summed E-state index contributed by atoms with van der Waals surface area (Å²) in [7, 11) is 3.01. The van der Waals surface area contributed by atoms with Crippen LogP contribution in [0.2, 0.25) is 0 Å². The fourth-order valence-electron chi connectivity index (χ4n) is 2.16. The molecule has 0 bridgehead atoms. The van der Waals surface area contributed by atoms with Crippen LogP contribution in [0, 0.1) is 0 Å². The summed E-state index contributed by atoms with van der Waals surface area (Å²) in [6.45, 7) is -2.97. The van der Waals surface area contributed by atoms with Gasteiger partial charge >= 0.3 is 6.61 Å². The number of anilines is 1. The number of hydrogen-bond donors (Lipinski definition) is 1. The van der Waals surface area contributed by atoms with Gasteiger partial charge in [0.1, 0.15) is 17.2 Å². The maximum Gasteiger partial charge on any atom is 0.387 e. The molecule has 24 heavy (non-hydrogen) atoms. The molecule has 2 rings (SSSR count). The molecule has 0 aliphatic heterocycles. The molecular formula is C17H17F2NO4. The molecule has 0 spiro atoms. The van der Waals surface area contributed by atoms with Gasteiger partial charge in [0.2, 0.25) is 5.91 Å². The average molecular weight is 337 g/mol. The number of amides is 1. The molecule has 0 aliphatic carbocycles. The van der Waals surface area contributed by atoms with Crippen LogP contribution in [0.5, 0.6) is 17.2 Å². The van der Waals surface area contributed by atoms with Gasteiger partial charge in [-0.3, -0.25) is 4.79 Å². The Balaban J connectivity index is 2.14. The van der Waals surface area contributed by atoms with Gasteiger partial charge in [0.15, 0.2) is 0 Å². The van der Waals surface area contributed by atoms with Crippen molar-refractivity contribution < 1.29 is 27.8 Å². The molecule has 0 saturated heterocycles. The van der Waals surface area contributed by atoms with Gasteiger partial charge < -0.3 is 19.5 Å². The number of para-hydroxylation sites is 2. The maximum absolute atomic E-state index is 12.4. The van der Waals surface area contributed by atoms with E-state index in [4.69, 9.17) is 9.47 Å². The van der Waals surface area contributed by atoms with Gasteiger partial charge in [-0.25, -0.2) is 0 Å². The Morgan fingerprint density at radius 3 is 2.50 bits per heavy atom. The summed E-state index contributed by atoms with van der Waals surface area (Å²) in [5, 5.41) is 2.56. The van der Waals surface area contributed by atoms with Gasteiger partial charge in [0.05, 0.1) is 26.3 Å². The lowest BCUT2D eigenvalue weighted by Gasteiger charge is -2.13. The molecule has 1 amide bonds. The lowest BCUT2D eigenvalue weighted by Crippen LogP contribution is -2.16. The fourth-order valence-corrected chi connectivity index (χ4v) is 2.16. The minimum atomic E-state index is -2.97. The van der Waals surface area contributed by atoms with Gasteiger partial charge in [-0.1, -0.05) is 12.1 Å². The van der Waals surface area contributed by atoms with Crippen molar-refractivity contribution in [1.82, 2.24) is 0 Å². The summed E-state index contributed by atoms with van der Waals surface area (Å²) in [6, 6.07) is 11.1. The zero-order valence-corrected chi connectivity index (χ0v) is 13.2. The van der Waals surface area contributed by atoms with Crippen molar-refractivity contribution in [2.24, 2.45) is 0 Å². The molecule has 2 aromatic carbocycles. The van der Waals surface area contributed by atoms with Crippen molar-refractivity contribution in [2.45, 2.75) is 13.0 Å². The molecule has 1 N–H and O–H groups in total. The Bertz CT molecular complexity index is 707. The second-order valence-electron chi connectivity index (χ2n) is 4.78. The van der Waals surface area contributed by atoms with Crippen molar-refractivity contribution in [3.63, 3.8) is 0 Å². The molecule has 0 unspecified atom stereocenters. The van der Waals surface area contributed by atoms with Crippen LogP contribution in [0.4, 0.5) is 14.5 Å². The molecular weight excluding hydrogens is 320 g/mol. The summed E-state index contributed by atoms with van der Waals surface area (Å²) in [5.41, 5.74) is 0.784. The number of carbonyl (C=O) groups is 1. The number of benzene rings is 2. The van der Waals surface area contributed by atoms with Gasteiger partial charge in [-0.2, -0.15) is 8.78 Å². The van der Waals surface area contributed by atoms with Crippen molar-refractivity contribution >= 4 is 11.6 Å². The minimum absolute atomic E-state index is 0.0105. The average Bonchev–Trinajstić information content (AvgIpc) is 2.56. The molecule has 0 heterocycles. The van der Waals surface area contributed by atoms with Crippen molar-refractivity contribution in [3.8, 4) is 17.2 Å². The highest BCUT2D eigenvalue weighted by Gasteiger charge is 2.14. The number of rotatable bonds is 7. The SMILES string of the molecule is COc1ccc(OC)c(CC(=O)Nc2ccccc2OC(F)F)c1. The number of hydrogen-bond acceptors (Lipinski definition) is 4. The predicted octanol–water partition coefficient (Wildman–Crippen LogP) is 3.49. The number of nitrogens with one attached hydrogen (secondary N) is 1. The first kappa shape index (κ1) is 17.5. The zero-order chi connectivity index (χ0) is 17.5. The van der Waals surface area contributed by atoms with Crippen LogP contribution in [0.25, 0.3) is 0 Å². The van der Waals surface area contributed by atoms with Crippen LogP contribution in [-0.4, -0.2) is 26.7 Å². The van der Waals surface area contributed by atoms with Gasteiger partial charge in [0, 0.05) is 5.56 Å². The summed E-state index contributed by atoms with van der Waals surface area (Å²) in [5.74, 6) is 0.619. The molecule has 0 fully saturated rings. The predicted molar refractivity (Wildman–Crippen MR) is 85.0 cm³/mol. The van der Waals surface area contributed by atoms with E-state index in [2.05, 4.69) is 10.1 Å². The fraction of sp³-hybridized carbons (Fsp3) is 0.235. The summed E-state index contributed by atoms with van der Waals surface area (Å²) < 4.78 is 39.5. The lowest BCUT2D eigenvalue weighted by molar-refractivity contribution is -0.115. The summed E-state index contributed by atoms with van der Waals surface area (Å²) in [6.07, 6.45) is -0.0105. The van der Waals surface area contributed by atoms with Crippen LogP contribution in [0.15, 0.2) is 42.5 Å². The monoisotopic (exact) mass is 337 g/mol. The molecule has 0 aromatic heterocycles. The largest absolute Gasteiger partial charge is 0.497 e. The highest BCUT2D eigenvalue weighted by atomic mass is 19.3. The van der Waals surface area contributed by atoms with Crippen LogP contribution in [0.1, 0.15) is 5.56 Å². The molecule has 0 atom stereocenters. The van der Waals surface area contributed by atoms with E-state index < -0.39 is 12.5 Å². The lowest BCUT2D eigenvalue weighted by atomic mass is 10.1. The Kier molecular flexibility index (Phi) is 5.95. The third-order valence-corrected chi connectivity index (χ3v) is 3.22. The third-order valence-electron chi connectivity index (χ3n) is 3.22. The van der Waals surface area contributed by atoms with Crippen molar-refractivity contribution in [3.05, 3.63) is 48.0 Å². The molecule has 0 radical (unpaired) electrons. The van der Waals surface area contributed by atoms with E-state index in [1.54, 1.807) is 30.3 Å². The van der Waals surface area contributed by atoms with Gasteiger partial charge in [-0.15, -0.1) is 0 Å². The molecule has 2 aromatic rings. The van der Waals surface area contributed by atoms with Crippen LogP contribution < -0.4 is 19.5 Å². The van der Waals surface area contributed by atoms with Crippen LogP contribution >= 0.6 is 0 Å². The first-order chi connectivity index (χ1) is 11.5. The minimum Gasteiger partial charge on any atom is -0.497 e. The topological polar surface area (TPSA) is 56.8 Å². The zero-order valence-electron chi connectivity index (χ0n) is 13.2. The van der Waals surface area contributed by atoms with E-state index in [1.165, 1.54) is 26.4 Å². The molecule has 128 valence electrons. The highest BCUT2D eigenvalue weighted by molar-refractivity contribution is 5.94. The number of carbonyl (C=O) groups excluding carboxylic acids is 1. The number of halogens is 2. The molecule has 5 nitrogen and oxygen atoms in total. The standard InChI is InChI=1S/C17H17F2NO4/c1-22-12-7-8-14(23-2)11(9-12)10-16(21)20-13-5-3-4-6-15(13)24-17(18)19/h3-9,17H,10H2,1-2H3,(H,20,21). The first-order valence-corrected chi connectivity index (χ1v) is 7.08. The summed E-state index contributed by atoms with van der Waals surface area (Å²) in [4.78, 5) is 12.2. The Labute approximate surface area is 138 Å². The maximum atomic E-state index is 12.4. The smallest absolute Gasteiger partial charge is 0.387 e. The van der Waals surface area contributed by atoms with Gasteiger partial charge in [0.25, 0.3) is 0 Å². The normalized spacial score (nSPS) is 10.4. The van der Waals surface area contributed by atoms with Gasteiger partial charge in [-0.05, 0) is 30.3 Å². The Hall–Kier alpha value is -2.83. The van der Waals surface area contributed by atoms with Crippen LogP contribution in [0.3, 0.4) is 0 Å². The molecule has 7 heteroatoms. The number of ether oxygens (including phenoxy) is 3. The highest BCUT2D eigenvalue weighted by Crippen LogP contribution is 2.27. The second-order valence-corrected chi connectivity index (χ2v) is 4.78. The van der Waals surface area contributed by atoms with E-state index in [1.807, 2.05) is 0 Å². The van der Waals surface area contributed by atoms with Crippen molar-refractivity contribution in [2.75, 3.05) is 19.5 Å². The number of methoxy groups -OCH3 is 2.